The van der Waals surface area contributed by atoms with E-state index in [9.17, 15) is 4.79 Å². The van der Waals surface area contributed by atoms with Crippen molar-refractivity contribution in [2.45, 2.75) is 24.9 Å². The molecule has 0 spiro atoms. The third-order valence-electron chi connectivity index (χ3n) is 4.10. The highest BCUT2D eigenvalue weighted by Crippen LogP contribution is 2.18. The number of amides is 1. The van der Waals surface area contributed by atoms with Gasteiger partial charge in [0.25, 0.3) is 0 Å². The van der Waals surface area contributed by atoms with E-state index in [0.29, 0.717) is 12.3 Å². The Morgan fingerprint density at radius 1 is 1.04 bits per heavy atom. The zero-order valence-electron chi connectivity index (χ0n) is 14.9. The summed E-state index contributed by atoms with van der Waals surface area (Å²) in [6, 6.07) is 20.4. The average molecular weight is 366 g/mol. The molecule has 0 saturated carbocycles. The first-order valence-corrected chi connectivity index (χ1v) is 9.72. The van der Waals surface area contributed by atoms with Crippen molar-refractivity contribution in [2.24, 2.45) is 0 Å². The number of hydrogen-bond acceptors (Lipinski definition) is 3. The van der Waals surface area contributed by atoms with Gasteiger partial charge in [0.05, 0.1) is 11.4 Å². The van der Waals surface area contributed by atoms with Crippen molar-refractivity contribution in [2.75, 3.05) is 12.3 Å². The molecule has 1 aromatic heterocycles. The molecule has 0 aliphatic rings. The molecule has 26 heavy (non-hydrogen) atoms. The van der Waals surface area contributed by atoms with Crippen LogP contribution >= 0.6 is 11.8 Å². The van der Waals surface area contributed by atoms with Gasteiger partial charge in [0.2, 0.25) is 5.91 Å². The van der Waals surface area contributed by atoms with Crippen LogP contribution in [0.15, 0.2) is 65.8 Å². The molecule has 0 unspecified atom stereocenters. The number of rotatable bonds is 8. The van der Waals surface area contributed by atoms with Crippen molar-refractivity contribution in [3.05, 3.63) is 83.2 Å². The number of nitrogens with one attached hydrogen (secondary N) is 2. The molecule has 1 amide bonds. The second-order valence-corrected chi connectivity index (χ2v) is 7.11. The summed E-state index contributed by atoms with van der Waals surface area (Å²) in [5.41, 5.74) is 4.55. The number of aryl methyl sites for hydroxylation is 1. The van der Waals surface area contributed by atoms with Gasteiger partial charge in [-0.15, -0.1) is 0 Å². The van der Waals surface area contributed by atoms with E-state index in [1.54, 1.807) is 0 Å². The second kappa shape index (κ2) is 9.25. The first kappa shape index (κ1) is 18.3. The maximum absolute atomic E-state index is 12.0. The number of aromatic nitrogens is 2. The van der Waals surface area contributed by atoms with Crippen molar-refractivity contribution in [3.8, 4) is 0 Å². The minimum absolute atomic E-state index is 0.0320. The summed E-state index contributed by atoms with van der Waals surface area (Å²) in [6.07, 6.45) is 1.64. The van der Waals surface area contributed by atoms with Gasteiger partial charge < -0.3 is 10.3 Å². The predicted octanol–water partition coefficient (Wildman–Crippen LogP) is 3.76. The van der Waals surface area contributed by atoms with Crippen molar-refractivity contribution in [1.82, 2.24) is 15.3 Å². The van der Waals surface area contributed by atoms with Crippen molar-refractivity contribution in [3.63, 3.8) is 0 Å². The van der Waals surface area contributed by atoms with Gasteiger partial charge in [0.15, 0.2) is 5.16 Å². The Hall–Kier alpha value is -2.53. The van der Waals surface area contributed by atoms with Crippen LogP contribution in [0, 0.1) is 6.92 Å². The van der Waals surface area contributed by atoms with Gasteiger partial charge in [-0.05, 0) is 24.5 Å². The summed E-state index contributed by atoms with van der Waals surface area (Å²) < 4.78 is 0. The van der Waals surface area contributed by atoms with Crippen molar-refractivity contribution in [1.29, 1.82) is 0 Å². The number of aromatic amines is 1. The van der Waals surface area contributed by atoms with E-state index >= 15 is 0 Å². The van der Waals surface area contributed by atoms with Crippen LogP contribution in [-0.4, -0.2) is 28.2 Å². The molecule has 0 fully saturated rings. The molecule has 3 aromatic rings. The van der Waals surface area contributed by atoms with E-state index in [2.05, 4.69) is 39.6 Å². The molecule has 2 N–H and O–H groups in total. The Bertz CT molecular complexity index is 831. The van der Waals surface area contributed by atoms with Crippen LogP contribution < -0.4 is 5.32 Å². The van der Waals surface area contributed by atoms with Crippen LogP contribution in [0.1, 0.15) is 22.5 Å². The topological polar surface area (TPSA) is 57.8 Å². The highest BCUT2D eigenvalue weighted by Gasteiger charge is 2.10. The number of imidazole rings is 1. The zero-order chi connectivity index (χ0) is 18.2. The molecule has 5 heteroatoms. The molecule has 0 aliphatic heterocycles. The van der Waals surface area contributed by atoms with Gasteiger partial charge in [-0.1, -0.05) is 72.4 Å². The van der Waals surface area contributed by atoms with E-state index in [4.69, 9.17) is 0 Å². The molecule has 2 aromatic carbocycles. The number of carbonyl (C=O) groups is 1. The quantitative estimate of drug-likeness (QED) is 0.598. The molecule has 4 nitrogen and oxygen atoms in total. The summed E-state index contributed by atoms with van der Waals surface area (Å²) in [5, 5.41) is 3.76. The summed E-state index contributed by atoms with van der Waals surface area (Å²) in [7, 11) is 0. The predicted molar refractivity (Wildman–Crippen MR) is 106 cm³/mol. The largest absolute Gasteiger partial charge is 0.355 e. The summed E-state index contributed by atoms with van der Waals surface area (Å²) in [4.78, 5) is 19.9. The minimum Gasteiger partial charge on any atom is -0.355 e. The molecular formula is C21H23N3OS. The Kier molecular flexibility index (Phi) is 6.50. The number of benzene rings is 2. The third-order valence-corrected chi connectivity index (χ3v) is 4.97. The maximum Gasteiger partial charge on any atom is 0.230 e. The Balaban J connectivity index is 1.44. The fourth-order valence-corrected chi connectivity index (χ4v) is 3.44. The van der Waals surface area contributed by atoms with Crippen LogP contribution in [0.2, 0.25) is 0 Å². The molecule has 0 saturated heterocycles. The Morgan fingerprint density at radius 2 is 1.69 bits per heavy atom. The van der Waals surface area contributed by atoms with Crippen molar-refractivity contribution >= 4 is 17.7 Å². The third kappa shape index (κ3) is 5.49. The molecule has 0 aliphatic carbocycles. The number of thioether (sulfide) groups is 1. The Labute approximate surface area is 158 Å². The van der Waals surface area contributed by atoms with Crippen LogP contribution in [0.3, 0.4) is 0 Å². The maximum atomic E-state index is 12.0. The molecule has 1 heterocycles. The van der Waals surface area contributed by atoms with Gasteiger partial charge >= 0.3 is 0 Å². The standard InChI is InChI=1S/C21H23N3OS/c1-16-19(14-18-10-6-3-7-11-18)24-21(23-16)26-15-20(25)22-13-12-17-8-4-2-5-9-17/h2-11H,12-15H2,1H3,(H,22,25)(H,23,24). The SMILES string of the molecule is Cc1[nH]c(SCC(=O)NCCc2ccccc2)nc1Cc1ccccc1. The lowest BCUT2D eigenvalue weighted by Crippen LogP contribution is -2.27. The summed E-state index contributed by atoms with van der Waals surface area (Å²) in [5.74, 6) is 0.400. The molecule has 0 bridgehead atoms. The lowest BCUT2D eigenvalue weighted by molar-refractivity contribution is -0.118. The molecule has 3 rings (SSSR count). The van der Waals surface area contributed by atoms with Crippen LogP contribution in [0.5, 0.6) is 0 Å². The highest BCUT2D eigenvalue weighted by molar-refractivity contribution is 7.99. The number of hydrogen-bond donors (Lipinski definition) is 2. The first-order valence-electron chi connectivity index (χ1n) is 8.73. The molecule has 0 radical (unpaired) electrons. The lowest BCUT2D eigenvalue weighted by Gasteiger charge is -2.04. The van der Waals surface area contributed by atoms with E-state index < -0.39 is 0 Å². The normalized spacial score (nSPS) is 10.7. The summed E-state index contributed by atoms with van der Waals surface area (Å²) in [6.45, 7) is 2.68. The first-order chi connectivity index (χ1) is 12.7. The fraction of sp³-hybridized carbons (Fsp3) is 0.238. The van der Waals surface area contributed by atoms with E-state index in [1.807, 2.05) is 43.3 Å². The van der Waals surface area contributed by atoms with Crippen LogP contribution in [0.4, 0.5) is 0 Å². The average Bonchev–Trinajstić information content (AvgIpc) is 3.01. The number of H-pyrrole nitrogens is 1. The van der Waals surface area contributed by atoms with Gasteiger partial charge in [0.1, 0.15) is 0 Å². The van der Waals surface area contributed by atoms with E-state index in [1.165, 1.54) is 22.9 Å². The van der Waals surface area contributed by atoms with E-state index in [-0.39, 0.29) is 5.91 Å². The van der Waals surface area contributed by atoms with Crippen LogP contribution in [-0.2, 0) is 17.6 Å². The zero-order valence-corrected chi connectivity index (χ0v) is 15.7. The van der Waals surface area contributed by atoms with Crippen LogP contribution in [0.25, 0.3) is 0 Å². The monoisotopic (exact) mass is 365 g/mol. The summed E-state index contributed by atoms with van der Waals surface area (Å²) >= 11 is 1.44. The highest BCUT2D eigenvalue weighted by atomic mass is 32.2. The van der Waals surface area contributed by atoms with Gasteiger partial charge in [-0.25, -0.2) is 4.98 Å². The van der Waals surface area contributed by atoms with Gasteiger partial charge in [-0.2, -0.15) is 0 Å². The molecule has 0 atom stereocenters. The lowest BCUT2D eigenvalue weighted by atomic mass is 10.1. The van der Waals surface area contributed by atoms with E-state index in [0.717, 1.165) is 29.4 Å². The molecular weight excluding hydrogens is 342 g/mol. The number of carbonyl (C=O) groups excluding carboxylic acids is 1. The fourth-order valence-electron chi connectivity index (χ4n) is 2.67. The smallest absolute Gasteiger partial charge is 0.230 e. The Morgan fingerprint density at radius 3 is 2.38 bits per heavy atom. The number of nitrogens with zero attached hydrogens (tertiary/aromatic N) is 1. The molecule has 134 valence electrons. The second-order valence-electron chi connectivity index (χ2n) is 6.15. The van der Waals surface area contributed by atoms with Gasteiger partial charge in [-0.3, -0.25) is 4.79 Å². The van der Waals surface area contributed by atoms with Gasteiger partial charge in [0, 0.05) is 18.7 Å². The minimum atomic E-state index is 0.0320. The van der Waals surface area contributed by atoms with Crippen molar-refractivity contribution < 1.29 is 4.79 Å².